The number of hydrogen-bond acceptors (Lipinski definition) is 7. The van der Waals surface area contributed by atoms with Gasteiger partial charge in [0.1, 0.15) is 0 Å². The Hall–Kier alpha value is -1.63. The van der Waals surface area contributed by atoms with Gasteiger partial charge < -0.3 is 9.64 Å². The zero-order valence-corrected chi connectivity index (χ0v) is 10.8. The molecule has 0 unspecified atom stereocenters. The van der Waals surface area contributed by atoms with Crippen molar-refractivity contribution in [1.29, 1.82) is 0 Å². The van der Waals surface area contributed by atoms with Crippen LogP contribution < -0.4 is 20.9 Å². The van der Waals surface area contributed by atoms with E-state index in [2.05, 4.69) is 27.3 Å². The third kappa shape index (κ3) is 4.03. The van der Waals surface area contributed by atoms with E-state index in [1.807, 2.05) is 25.8 Å². The van der Waals surface area contributed by atoms with Crippen LogP contribution in [0.1, 0.15) is 27.2 Å². The number of ether oxygens (including phenoxy) is 1. The number of nitrogens with two attached hydrogens (primary N) is 1. The van der Waals surface area contributed by atoms with Crippen LogP contribution in [0.25, 0.3) is 0 Å². The molecule has 1 rings (SSSR count). The predicted molar refractivity (Wildman–Crippen MR) is 67.0 cm³/mol. The van der Waals surface area contributed by atoms with Crippen molar-refractivity contribution >= 4 is 11.9 Å². The second-order valence-corrected chi connectivity index (χ2v) is 3.97. The number of hydrazine groups is 1. The number of anilines is 2. The Balaban J connectivity index is 2.96. The lowest BCUT2D eigenvalue weighted by molar-refractivity contribution is 0.222. The van der Waals surface area contributed by atoms with Gasteiger partial charge in [0.15, 0.2) is 0 Å². The van der Waals surface area contributed by atoms with Crippen molar-refractivity contribution < 1.29 is 4.74 Å². The van der Waals surface area contributed by atoms with E-state index in [9.17, 15) is 0 Å². The second kappa shape index (κ2) is 6.19. The Labute approximate surface area is 101 Å². The summed E-state index contributed by atoms with van der Waals surface area (Å²) >= 11 is 0. The van der Waals surface area contributed by atoms with Gasteiger partial charge in [-0.2, -0.15) is 15.0 Å². The van der Waals surface area contributed by atoms with E-state index >= 15 is 0 Å². The van der Waals surface area contributed by atoms with Gasteiger partial charge in [-0.1, -0.05) is 6.92 Å². The Kier molecular flexibility index (Phi) is 4.89. The van der Waals surface area contributed by atoms with Crippen molar-refractivity contribution in [1.82, 2.24) is 15.0 Å². The highest BCUT2D eigenvalue weighted by Crippen LogP contribution is 2.14. The Bertz CT molecular complexity index is 357. The van der Waals surface area contributed by atoms with Crippen LogP contribution in [-0.4, -0.2) is 34.6 Å². The zero-order valence-electron chi connectivity index (χ0n) is 10.8. The van der Waals surface area contributed by atoms with Gasteiger partial charge in [-0.3, -0.25) is 5.43 Å². The van der Waals surface area contributed by atoms with E-state index in [4.69, 9.17) is 10.6 Å². The molecule has 0 atom stereocenters. The molecule has 0 fully saturated rings. The monoisotopic (exact) mass is 240 g/mol. The second-order valence-electron chi connectivity index (χ2n) is 3.97. The minimum Gasteiger partial charge on any atom is -0.461 e. The number of hydrogen-bond donors (Lipinski definition) is 2. The normalized spacial score (nSPS) is 10.5. The Morgan fingerprint density at radius 3 is 2.59 bits per heavy atom. The average Bonchev–Trinajstić information content (AvgIpc) is 2.28. The van der Waals surface area contributed by atoms with Gasteiger partial charge in [-0.05, 0) is 20.3 Å². The van der Waals surface area contributed by atoms with Gasteiger partial charge in [-0.15, -0.1) is 0 Å². The summed E-state index contributed by atoms with van der Waals surface area (Å²) in [5.41, 5.74) is 2.41. The lowest BCUT2D eigenvalue weighted by Gasteiger charge is -2.17. The molecule has 7 heteroatoms. The molecular formula is C10H20N6O. The van der Waals surface area contributed by atoms with Gasteiger partial charge in [0.25, 0.3) is 0 Å². The van der Waals surface area contributed by atoms with E-state index in [1.165, 1.54) is 0 Å². The SMILES string of the molecule is CCCN(C)c1nc(NN)nc(OC(C)C)n1. The van der Waals surface area contributed by atoms with Crippen molar-refractivity contribution in [2.24, 2.45) is 5.84 Å². The molecule has 0 aromatic carbocycles. The third-order valence-corrected chi connectivity index (χ3v) is 1.97. The first-order valence-electron chi connectivity index (χ1n) is 5.67. The topological polar surface area (TPSA) is 89.2 Å². The number of nitrogens with zero attached hydrogens (tertiary/aromatic N) is 4. The molecule has 1 aromatic rings. The molecule has 0 saturated carbocycles. The van der Waals surface area contributed by atoms with Crippen molar-refractivity contribution in [2.45, 2.75) is 33.3 Å². The highest BCUT2D eigenvalue weighted by Gasteiger charge is 2.11. The van der Waals surface area contributed by atoms with E-state index in [1.54, 1.807) is 0 Å². The maximum Gasteiger partial charge on any atom is 0.323 e. The fourth-order valence-electron chi connectivity index (χ4n) is 1.28. The average molecular weight is 240 g/mol. The van der Waals surface area contributed by atoms with Gasteiger partial charge in [0.05, 0.1) is 6.10 Å². The minimum absolute atomic E-state index is 0.00681. The van der Waals surface area contributed by atoms with Gasteiger partial charge in [0.2, 0.25) is 11.9 Å². The fourth-order valence-corrected chi connectivity index (χ4v) is 1.28. The molecule has 0 aliphatic heterocycles. The highest BCUT2D eigenvalue weighted by atomic mass is 16.5. The molecule has 0 aliphatic carbocycles. The lowest BCUT2D eigenvalue weighted by atomic mass is 10.4. The molecule has 0 saturated heterocycles. The van der Waals surface area contributed by atoms with E-state index in [-0.39, 0.29) is 12.1 Å². The van der Waals surface area contributed by atoms with Crippen LogP contribution in [0.3, 0.4) is 0 Å². The molecule has 0 aliphatic rings. The van der Waals surface area contributed by atoms with E-state index in [0.717, 1.165) is 13.0 Å². The first-order valence-corrected chi connectivity index (χ1v) is 5.67. The standard InChI is InChI=1S/C10H20N6O/c1-5-6-16(4)9-12-8(15-11)13-10(14-9)17-7(2)3/h7H,5-6,11H2,1-4H3,(H,12,13,14,15). The zero-order chi connectivity index (χ0) is 12.8. The molecule has 1 heterocycles. The third-order valence-electron chi connectivity index (χ3n) is 1.97. The predicted octanol–water partition coefficient (Wildman–Crippen LogP) is 0.791. The molecule has 0 radical (unpaired) electrons. The summed E-state index contributed by atoms with van der Waals surface area (Å²) in [6.07, 6.45) is 1.01. The lowest BCUT2D eigenvalue weighted by Crippen LogP contribution is -2.23. The molecular weight excluding hydrogens is 220 g/mol. The van der Waals surface area contributed by atoms with Crippen molar-refractivity contribution in [2.75, 3.05) is 23.9 Å². The van der Waals surface area contributed by atoms with E-state index in [0.29, 0.717) is 11.9 Å². The summed E-state index contributed by atoms with van der Waals surface area (Å²) in [7, 11) is 1.91. The van der Waals surface area contributed by atoms with Gasteiger partial charge in [-0.25, -0.2) is 5.84 Å². The summed E-state index contributed by atoms with van der Waals surface area (Å²) in [6.45, 7) is 6.77. The smallest absolute Gasteiger partial charge is 0.323 e. The van der Waals surface area contributed by atoms with Crippen LogP contribution in [0.2, 0.25) is 0 Å². The summed E-state index contributed by atoms with van der Waals surface area (Å²) in [5.74, 6) is 6.16. The maximum atomic E-state index is 5.44. The summed E-state index contributed by atoms with van der Waals surface area (Å²) < 4.78 is 5.44. The van der Waals surface area contributed by atoms with Crippen molar-refractivity contribution in [3.63, 3.8) is 0 Å². The molecule has 17 heavy (non-hydrogen) atoms. The van der Waals surface area contributed by atoms with Gasteiger partial charge in [0, 0.05) is 13.6 Å². The Morgan fingerprint density at radius 2 is 2.06 bits per heavy atom. The van der Waals surface area contributed by atoms with Crippen LogP contribution >= 0.6 is 0 Å². The molecule has 0 spiro atoms. The van der Waals surface area contributed by atoms with Crippen LogP contribution in [0.5, 0.6) is 6.01 Å². The molecule has 1 aromatic heterocycles. The number of nitrogens with one attached hydrogen (secondary N) is 1. The highest BCUT2D eigenvalue weighted by molar-refractivity contribution is 5.36. The quantitative estimate of drug-likeness (QED) is 0.561. The molecule has 0 amide bonds. The van der Waals surface area contributed by atoms with Crippen molar-refractivity contribution in [3.05, 3.63) is 0 Å². The number of aromatic nitrogens is 3. The summed E-state index contributed by atoms with van der Waals surface area (Å²) in [5, 5.41) is 0. The largest absolute Gasteiger partial charge is 0.461 e. The first kappa shape index (κ1) is 13.4. The Morgan fingerprint density at radius 1 is 1.35 bits per heavy atom. The van der Waals surface area contributed by atoms with Crippen LogP contribution in [0.15, 0.2) is 0 Å². The maximum absolute atomic E-state index is 5.44. The fraction of sp³-hybridized carbons (Fsp3) is 0.700. The molecule has 3 N–H and O–H groups in total. The summed E-state index contributed by atoms with van der Waals surface area (Å²) in [4.78, 5) is 14.3. The molecule has 7 nitrogen and oxygen atoms in total. The summed E-state index contributed by atoms with van der Waals surface area (Å²) in [6, 6.07) is 0.279. The van der Waals surface area contributed by atoms with Gasteiger partial charge >= 0.3 is 6.01 Å². The first-order chi connectivity index (χ1) is 8.06. The molecule has 0 bridgehead atoms. The van der Waals surface area contributed by atoms with Crippen LogP contribution in [0, 0.1) is 0 Å². The number of nitrogen functional groups attached to an aromatic ring is 1. The van der Waals surface area contributed by atoms with E-state index < -0.39 is 0 Å². The van der Waals surface area contributed by atoms with Crippen LogP contribution in [0.4, 0.5) is 11.9 Å². The van der Waals surface area contributed by atoms with Crippen molar-refractivity contribution in [3.8, 4) is 6.01 Å². The van der Waals surface area contributed by atoms with Crippen LogP contribution in [-0.2, 0) is 0 Å². The number of rotatable bonds is 6. The molecule has 96 valence electrons. The minimum atomic E-state index is 0.00681.